The first-order valence-electron chi connectivity index (χ1n) is 20.9. The van der Waals surface area contributed by atoms with E-state index in [1.54, 1.807) is 24.3 Å². The molecule has 0 fully saturated rings. The van der Waals surface area contributed by atoms with Crippen LogP contribution in [0.1, 0.15) is 6.85 Å². The van der Waals surface area contributed by atoms with Crippen LogP contribution in [-0.4, -0.2) is 19.5 Å². The van der Waals surface area contributed by atoms with E-state index in [1.807, 2.05) is 54.6 Å². The van der Waals surface area contributed by atoms with E-state index >= 15 is 0 Å². The average molecular weight is 722 g/mol. The van der Waals surface area contributed by atoms with Crippen LogP contribution in [0.4, 0.5) is 0 Å². The van der Waals surface area contributed by atoms with Crippen LogP contribution < -0.4 is 0 Å². The Balaban J connectivity index is 0.981. The minimum absolute atomic E-state index is 0.137. The van der Waals surface area contributed by atoms with Gasteiger partial charge in [0.15, 0.2) is 17.5 Å². The third kappa shape index (κ3) is 5.45. The average Bonchev–Trinajstić information content (AvgIpc) is 3.85. The van der Waals surface area contributed by atoms with Crippen molar-refractivity contribution in [3.63, 3.8) is 0 Å². The van der Waals surface area contributed by atoms with Crippen molar-refractivity contribution in [3.8, 4) is 62.1 Å². The number of nitrogens with zero attached hydrogens (tertiary/aromatic N) is 4. The third-order valence-electron chi connectivity index (χ3n) is 10.3. The smallest absolute Gasteiger partial charge is 0.164 e. The standard InChI is InChI=1S/C51H32N4O/c1-4-12-33(13-5-1)34-20-22-36(23-21-34)50-52-49(35-14-6-2-7-15-35)53-51(54-50)39-24-27-42-44-31-38(26-29-47(44)56-48(42)32-39)37-25-28-46-43(30-37)41-18-10-11-19-45(41)55(46)40-16-8-3-9-17-40/h1-32H/i1D,4D,5D,12D,13D. The maximum atomic E-state index is 8.44. The highest BCUT2D eigenvalue weighted by Crippen LogP contribution is 2.38. The van der Waals surface area contributed by atoms with Gasteiger partial charge in [-0.1, -0.05) is 139 Å². The molecule has 11 aromatic rings. The van der Waals surface area contributed by atoms with Gasteiger partial charge in [0, 0.05) is 43.9 Å². The molecule has 0 atom stereocenters. The Morgan fingerprint density at radius 1 is 0.375 bits per heavy atom. The Labute approximate surface area is 329 Å². The lowest BCUT2D eigenvalue weighted by Crippen LogP contribution is -2.00. The van der Waals surface area contributed by atoms with Gasteiger partial charge in [-0.25, -0.2) is 15.0 Å². The van der Waals surface area contributed by atoms with Gasteiger partial charge in [-0.2, -0.15) is 0 Å². The number of aromatic nitrogens is 4. The fourth-order valence-corrected chi connectivity index (χ4v) is 7.63. The van der Waals surface area contributed by atoms with Crippen molar-refractivity contribution in [2.24, 2.45) is 0 Å². The Hall–Kier alpha value is -7.63. The SMILES string of the molecule is [2H]c1c([2H])c([2H])c(-c2ccc(-c3nc(-c4ccccc4)nc(-c4ccc5c(c4)oc4ccc(-c6ccc7c(c6)c6ccccc6n7-c6ccccc6)cc45)n3)cc2)c([2H])c1[2H]. The first-order valence-corrected chi connectivity index (χ1v) is 18.4. The summed E-state index contributed by atoms with van der Waals surface area (Å²) in [6.45, 7) is 0. The minimum atomic E-state index is -0.426. The number of rotatable bonds is 6. The van der Waals surface area contributed by atoms with Crippen molar-refractivity contribution in [1.82, 2.24) is 19.5 Å². The number of fused-ring (bicyclic) bond motifs is 6. The Kier molecular flexibility index (Phi) is 6.29. The second-order valence-corrected chi connectivity index (χ2v) is 13.7. The summed E-state index contributed by atoms with van der Waals surface area (Å²) in [5.74, 6) is 1.38. The van der Waals surface area contributed by atoms with E-state index in [0.717, 1.165) is 49.8 Å². The minimum Gasteiger partial charge on any atom is -0.456 e. The van der Waals surface area contributed by atoms with Gasteiger partial charge < -0.3 is 8.98 Å². The third-order valence-corrected chi connectivity index (χ3v) is 10.3. The molecule has 0 unspecified atom stereocenters. The van der Waals surface area contributed by atoms with E-state index < -0.39 is 6.04 Å². The van der Waals surface area contributed by atoms with E-state index in [1.165, 1.54) is 16.3 Å². The molecule has 262 valence electrons. The molecule has 0 amide bonds. The zero-order valence-electron chi connectivity index (χ0n) is 34.8. The second-order valence-electron chi connectivity index (χ2n) is 13.7. The molecule has 5 heteroatoms. The van der Waals surface area contributed by atoms with E-state index in [-0.39, 0.29) is 29.7 Å². The highest BCUT2D eigenvalue weighted by atomic mass is 16.3. The molecule has 0 aliphatic heterocycles. The molecular weight excluding hydrogens is 685 g/mol. The maximum Gasteiger partial charge on any atom is 0.164 e. The fraction of sp³-hybridized carbons (Fsp3) is 0. The van der Waals surface area contributed by atoms with Gasteiger partial charge in [0.25, 0.3) is 0 Å². The van der Waals surface area contributed by atoms with Crippen LogP contribution in [0.2, 0.25) is 0 Å². The normalized spacial score (nSPS) is 12.8. The number of hydrogen-bond acceptors (Lipinski definition) is 4. The highest BCUT2D eigenvalue weighted by molar-refractivity contribution is 6.11. The topological polar surface area (TPSA) is 56.7 Å². The molecule has 0 spiro atoms. The molecule has 0 aliphatic carbocycles. The molecule has 3 aromatic heterocycles. The van der Waals surface area contributed by atoms with Crippen molar-refractivity contribution < 1.29 is 11.3 Å². The molecule has 0 aliphatic rings. The van der Waals surface area contributed by atoms with Crippen molar-refractivity contribution in [3.05, 3.63) is 194 Å². The quantitative estimate of drug-likeness (QED) is 0.172. The Bertz CT molecular complexity index is 3500. The largest absolute Gasteiger partial charge is 0.456 e. The van der Waals surface area contributed by atoms with Gasteiger partial charge >= 0.3 is 0 Å². The molecule has 0 bridgehead atoms. The van der Waals surface area contributed by atoms with Gasteiger partial charge in [0.1, 0.15) is 11.2 Å². The molecule has 0 saturated heterocycles. The maximum absolute atomic E-state index is 8.44. The molecule has 5 nitrogen and oxygen atoms in total. The van der Waals surface area contributed by atoms with Crippen molar-refractivity contribution in [2.75, 3.05) is 0 Å². The second kappa shape index (κ2) is 13.0. The van der Waals surface area contributed by atoms with Crippen LogP contribution in [0.5, 0.6) is 0 Å². The van der Waals surface area contributed by atoms with E-state index in [0.29, 0.717) is 34.2 Å². The van der Waals surface area contributed by atoms with Crippen LogP contribution in [-0.2, 0) is 0 Å². The summed E-state index contributed by atoms with van der Waals surface area (Å²) in [5.41, 5.74) is 10.0. The zero-order valence-corrected chi connectivity index (χ0v) is 29.8. The molecule has 8 aromatic carbocycles. The first-order chi connectivity index (χ1) is 29.8. The molecule has 11 rings (SSSR count). The van der Waals surface area contributed by atoms with Crippen LogP contribution in [0.3, 0.4) is 0 Å². The summed E-state index contributed by atoms with van der Waals surface area (Å²) in [5, 5.41) is 4.37. The summed E-state index contributed by atoms with van der Waals surface area (Å²) in [4.78, 5) is 14.7. The molecular formula is C51H32N4O. The van der Waals surface area contributed by atoms with Crippen LogP contribution in [0.15, 0.2) is 198 Å². The summed E-state index contributed by atoms with van der Waals surface area (Å²) in [6.07, 6.45) is 0. The molecule has 0 saturated carbocycles. The van der Waals surface area contributed by atoms with Gasteiger partial charge in [0.2, 0.25) is 0 Å². The fourth-order valence-electron chi connectivity index (χ4n) is 7.63. The lowest BCUT2D eigenvalue weighted by Gasteiger charge is -2.09. The van der Waals surface area contributed by atoms with Gasteiger partial charge in [-0.15, -0.1) is 0 Å². The number of benzene rings is 8. The zero-order chi connectivity index (χ0) is 41.4. The van der Waals surface area contributed by atoms with Gasteiger partial charge in [0.05, 0.1) is 17.9 Å². The molecule has 0 radical (unpaired) electrons. The summed E-state index contributed by atoms with van der Waals surface area (Å²) in [6, 6.07) is 53.1. The van der Waals surface area contributed by atoms with E-state index in [4.69, 9.17) is 26.2 Å². The van der Waals surface area contributed by atoms with Crippen molar-refractivity contribution in [2.45, 2.75) is 0 Å². The number of para-hydroxylation sites is 2. The van der Waals surface area contributed by atoms with E-state index in [9.17, 15) is 0 Å². The lowest BCUT2D eigenvalue weighted by atomic mass is 10.0. The molecule has 56 heavy (non-hydrogen) atoms. The van der Waals surface area contributed by atoms with Crippen LogP contribution in [0.25, 0.3) is 106 Å². The highest BCUT2D eigenvalue weighted by Gasteiger charge is 2.17. The van der Waals surface area contributed by atoms with E-state index in [2.05, 4.69) is 89.5 Å². The van der Waals surface area contributed by atoms with Crippen LogP contribution >= 0.6 is 0 Å². The predicted molar refractivity (Wildman–Crippen MR) is 229 cm³/mol. The lowest BCUT2D eigenvalue weighted by molar-refractivity contribution is 0.669. The Morgan fingerprint density at radius 2 is 0.946 bits per heavy atom. The predicted octanol–water partition coefficient (Wildman–Crippen LogP) is 13.2. The monoisotopic (exact) mass is 721 g/mol. The van der Waals surface area contributed by atoms with Crippen LogP contribution in [0, 0.1) is 0 Å². The summed E-state index contributed by atoms with van der Waals surface area (Å²) < 4.78 is 49.9. The number of hydrogen-bond donors (Lipinski definition) is 0. The Morgan fingerprint density at radius 3 is 1.71 bits per heavy atom. The first kappa shape index (κ1) is 27.0. The molecule has 3 heterocycles. The number of furan rings is 1. The van der Waals surface area contributed by atoms with Crippen molar-refractivity contribution >= 4 is 43.7 Å². The van der Waals surface area contributed by atoms with Gasteiger partial charge in [-0.05, 0) is 76.9 Å². The summed E-state index contributed by atoms with van der Waals surface area (Å²) >= 11 is 0. The molecule has 0 N–H and O–H groups in total. The van der Waals surface area contributed by atoms with Gasteiger partial charge in [-0.3, -0.25) is 0 Å². The summed E-state index contributed by atoms with van der Waals surface area (Å²) in [7, 11) is 0. The van der Waals surface area contributed by atoms with Crippen molar-refractivity contribution in [1.29, 1.82) is 0 Å².